The second-order valence-corrected chi connectivity index (χ2v) is 4.38. The van der Waals surface area contributed by atoms with Gasteiger partial charge in [0.15, 0.2) is 10.8 Å². The third-order valence-corrected chi connectivity index (χ3v) is 2.78. The number of amides is 1. The summed E-state index contributed by atoms with van der Waals surface area (Å²) < 4.78 is 0. The molecule has 4 nitrogen and oxygen atoms in total. The number of rotatable bonds is 2. The Morgan fingerprint density at radius 1 is 1.47 bits per heavy atom. The molecule has 0 bridgehead atoms. The molecule has 0 radical (unpaired) electrons. The highest BCUT2D eigenvalue weighted by Crippen LogP contribution is 2.26. The average Bonchev–Trinajstić information content (AvgIpc) is 2.16. The number of nitrogens with zero attached hydrogens (tertiary/aromatic N) is 2. The normalized spacial score (nSPS) is 24.4. The monoisotopic (exact) mass is 225 g/mol. The van der Waals surface area contributed by atoms with Crippen molar-refractivity contribution in [3.63, 3.8) is 0 Å². The number of hydrogen-bond donors (Lipinski definition) is 1. The van der Waals surface area contributed by atoms with Crippen LogP contribution in [-0.4, -0.2) is 22.1 Å². The van der Waals surface area contributed by atoms with Gasteiger partial charge in [0.05, 0.1) is 0 Å². The van der Waals surface area contributed by atoms with Crippen LogP contribution in [0.3, 0.4) is 0 Å². The van der Waals surface area contributed by atoms with E-state index in [4.69, 9.17) is 11.6 Å². The lowest BCUT2D eigenvalue weighted by atomic mass is 9.82. The van der Waals surface area contributed by atoms with Gasteiger partial charge in [-0.25, -0.2) is 0 Å². The molecule has 0 atom stereocenters. The fourth-order valence-electron chi connectivity index (χ4n) is 1.72. The van der Waals surface area contributed by atoms with Crippen molar-refractivity contribution in [1.29, 1.82) is 0 Å². The van der Waals surface area contributed by atoms with Gasteiger partial charge < -0.3 is 5.32 Å². The van der Waals surface area contributed by atoms with Crippen LogP contribution in [0.25, 0.3) is 0 Å². The minimum absolute atomic E-state index is 0.170. The Morgan fingerprint density at radius 3 is 2.73 bits per heavy atom. The van der Waals surface area contributed by atoms with Crippen molar-refractivity contribution in [1.82, 2.24) is 15.5 Å². The molecule has 0 aromatic carbocycles. The Labute approximate surface area is 93.0 Å². The number of halogens is 1. The molecular formula is C10H12ClN3O. The molecule has 0 aliphatic heterocycles. The van der Waals surface area contributed by atoms with Crippen molar-refractivity contribution in [2.24, 2.45) is 5.92 Å². The molecule has 1 aliphatic rings. The molecule has 0 spiro atoms. The minimum atomic E-state index is -0.170. The van der Waals surface area contributed by atoms with Gasteiger partial charge >= 0.3 is 0 Å². The first-order valence-corrected chi connectivity index (χ1v) is 5.33. The number of nitrogens with one attached hydrogen (secondary N) is 1. The van der Waals surface area contributed by atoms with E-state index in [2.05, 4.69) is 22.4 Å². The summed E-state index contributed by atoms with van der Waals surface area (Å²) in [5.41, 5.74) is 0.318. The van der Waals surface area contributed by atoms with Gasteiger partial charge in [-0.1, -0.05) is 18.5 Å². The number of hydrogen-bond acceptors (Lipinski definition) is 3. The van der Waals surface area contributed by atoms with Crippen LogP contribution < -0.4 is 5.32 Å². The van der Waals surface area contributed by atoms with E-state index < -0.39 is 0 Å². The topological polar surface area (TPSA) is 54.9 Å². The van der Waals surface area contributed by atoms with Crippen molar-refractivity contribution in [2.75, 3.05) is 0 Å². The van der Waals surface area contributed by atoms with Crippen LogP contribution in [0.15, 0.2) is 12.1 Å². The lowest BCUT2D eigenvalue weighted by molar-refractivity contribution is 0.0890. The quantitative estimate of drug-likeness (QED) is 0.833. The van der Waals surface area contributed by atoms with Crippen molar-refractivity contribution >= 4 is 17.5 Å². The molecule has 1 aromatic rings. The average molecular weight is 226 g/mol. The molecule has 0 unspecified atom stereocenters. The van der Waals surface area contributed by atoms with Crippen LogP contribution in [0, 0.1) is 5.92 Å². The number of carbonyl (C=O) groups is 1. The summed E-state index contributed by atoms with van der Waals surface area (Å²) in [4.78, 5) is 11.6. The van der Waals surface area contributed by atoms with Crippen molar-refractivity contribution in [2.45, 2.75) is 25.8 Å². The largest absolute Gasteiger partial charge is 0.348 e. The predicted octanol–water partition coefficient (Wildman–Crippen LogP) is 1.66. The van der Waals surface area contributed by atoms with E-state index in [0.717, 1.165) is 12.8 Å². The Hall–Kier alpha value is -1.16. The van der Waals surface area contributed by atoms with Crippen molar-refractivity contribution in [3.8, 4) is 0 Å². The molecule has 0 saturated heterocycles. The third-order valence-electron chi connectivity index (χ3n) is 2.57. The van der Waals surface area contributed by atoms with Crippen LogP contribution >= 0.6 is 11.6 Å². The van der Waals surface area contributed by atoms with Gasteiger partial charge in [-0.05, 0) is 30.9 Å². The Morgan fingerprint density at radius 2 is 2.20 bits per heavy atom. The summed E-state index contributed by atoms with van der Waals surface area (Å²) in [5.74, 6) is 0.544. The molecular weight excluding hydrogens is 214 g/mol. The highest BCUT2D eigenvalue weighted by Gasteiger charge is 2.27. The van der Waals surface area contributed by atoms with Crippen molar-refractivity contribution in [3.05, 3.63) is 23.0 Å². The van der Waals surface area contributed by atoms with E-state index in [0.29, 0.717) is 22.8 Å². The van der Waals surface area contributed by atoms with Gasteiger partial charge in [0.2, 0.25) is 0 Å². The van der Waals surface area contributed by atoms with Gasteiger partial charge in [-0.2, -0.15) is 0 Å². The van der Waals surface area contributed by atoms with Crippen LogP contribution in [0.5, 0.6) is 0 Å². The van der Waals surface area contributed by atoms with Crippen LogP contribution in [0.4, 0.5) is 0 Å². The maximum Gasteiger partial charge on any atom is 0.272 e. The standard InChI is InChI=1S/C10H12ClN3O/c1-6-4-7(5-6)12-10(15)8-2-3-9(11)14-13-8/h2-3,6-7H,4-5H2,1H3,(H,12,15). The zero-order chi connectivity index (χ0) is 10.8. The molecule has 1 aromatic heterocycles. The second kappa shape index (κ2) is 4.14. The highest BCUT2D eigenvalue weighted by atomic mass is 35.5. The Bertz CT molecular complexity index is 359. The SMILES string of the molecule is CC1CC(NC(=O)c2ccc(Cl)nn2)C1. The van der Waals surface area contributed by atoms with Crippen LogP contribution in [0.2, 0.25) is 5.15 Å². The number of carbonyl (C=O) groups excluding carboxylic acids is 1. The molecule has 1 amide bonds. The smallest absolute Gasteiger partial charge is 0.272 e. The van der Waals surface area contributed by atoms with Crippen LogP contribution in [-0.2, 0) is 0 Å². The zero-order valence-electron chi connectivity index (χ0n) is 8.40. The molecule has 1 aliphatic carbocycles. The third kappa shape index (κ3) is 2.45. The molecule has 80 valence electrons. The molecule has 1 heterocycles. The highest BCUT2D eigenvalue weighted by molar-refractivity contribution is 6.29. The minimum Gasteiger partial charge on any atom is -0.348 e. The number of aromatic nitrogens is 2. The van der Waals surface area contributed by atoms with Gasteiger partial charge in [-0.3, -0.25) is 4.79 Å². The fraction of sp³-hybridized carbons (Fsp3) is 0.500. The maximum absolute atomic E-state index is 11.6. The van der Waals surface area contributed by atoms with Gasteiger partial charge in [0.25, 0.3) is 5.91 Å². The fourth-order valence-corrected chi connectivity index (χ4v) is 1.82. The predicted molar refractivity (Wildman–Crippen MR) is 56.7 cm³/mol. The zero-order valence-corrected chi connectivity index (χ0v) is 9.16. The molecule has 1 N–H and O–H groups in total. The molecule has 1 saturated carbocycles. The van der Waals surface area contributed by atoms with Gasteiger partial charge in [-0.15, -0.1) is 10.2 Å². The Balaban J connectivity index is 1.93. The van der Waals surface area contributed by atoms with E-state index >= 15 is 0 Å². The summed E-state index contributed by atoms with van der Waals surface area (Å²) in [7, 11) is 0. The second-order valence-electron chi connectivity index (χ2n) is 3.99. The first kappa shape index (κ1) is 10.4. The van der Waals surface area contributed by atoms with Gasteiger partial charge in [0, 0.05) is 6.04 Å². The molecule has 5 heteroatoms. The lowest BCUT2D eigenvalue weighted by Gasteiger charge is -2.32. The van der Waals surface area contributed by atoms with Crippen molar-refractivity contribution < 1.29 is 4.79 Å². The van der Waals surface area contributed by atoms with E-state index in [1.165, 1.54) is 0 Å². The van der Waals surface area contributed by atoms with E-state index in [1.54, 1.807) is 12.1 Å². The summed E-state index contributed by atoms with van der Waals surface area (Å²) >= 11 is 5.57. The van der Waals surface area contributed by atoms with Gasteiger partial charge in [0.1, 0.15) is 0 Å². The Kier molecular flexibility index (Phi) is 2.86. The lowest BCUT2D eigenvalue weighted by Crippen LogP contribution is -2.43. The maximum atomic E-state index is 11.6. The van der Waals surface area contributed by atoms with Crippen LogP contribution in [0.1, 0.15) is 30.3 Å². The van der Waals surface area contributed by atoms with E-state index in [1.807, 2.05) is 0 Å². The first-order valence-electron chi connectivity index (χ1n) is 4.95. The molecule has 1 fully saturated rings. The summed E-state index contributed by atoms with van der Waals surface area (Å²) in [6, 6.07) is 3.43. The molecule has 15 heavy (non-hydrogen) atoms. The first-order chi connectivity index (χ1) is 7.15. The summed E-state index contributed by atoms with van der Waals surface area (Å²) in [6.07, 6.45) is 2.10. The summed E-state index contributed by atoms with van der Waals surface area (Å²) in [6.45, 7) is 2.17. The van der Waals surface area contributed by atoms with E-state index in [-0.39, 0.29) is 5.91 Å². The van der Waals surface area contributed by atoms with E-state index in [9.17, 15) is 4.79 Å². The molecule has 2 rings (SSSR count). The summed E-state index contributed by atoms with van der Waals surface area (Å²) in [5, 5.41) is 10.5.